The molecule has 0 aliphatic carbocycles. The van der Waals surface area contributed by atoms with E-state index < -0.39 is 6.04 Å². The van der Waals surface area contributed by atoms with Gasteiger partial charge in [-0.05, 0) is 17.7 Å². The smallest absolute Gasteiger partial charge is 0.242 e. The minimum absolute atomic E-state index is 0. The van der Waals surface area contributed by atoms with Crippen molar-refractivity contribution in [2.75, 3.05) is 59.7 Å². The van der Waals surface area contributed by atoms with Gasteiger partial charge >= 0.3 is 0 Å². The van der Waals surface area contributed by atoms with E-state index in [9.17, 15) is 4.79 Å². The van der Waals surface area contributed by atoms with Crippen molar-refractivity contribution < 1.29 is 14.3 Å². The SMILES string of the molecule is COCCNCCNC(=O)C(c1ccc(Cl)cc1Cl)N1CCOCC1.Cl.Cl. The lowest BCUT2D eigenvalue weighted by molar-refractivity contribution is -0.128. The molecular weight excluding hydrogens is 436 g/mol. The molecule has 1 atom stereocenters. The highest BCUT2D eigenvalue weighted by atomic mass is 35.5. The van der Waals surface area contributed by atoms with Crippen LogP contribution in [0.3, 0.4) is 0 Å². The molecule has 27 heavy (non-hydrogen) atoms. The highest BCUT2D eigenvalue weighted by Crippen LogP contribution is 2.30. The van der Waals surface area contributed by atoms with Crippen LogP contribution in [0.2, 0.25) is 10.0 Å². The summed E-state index contributed by atoms with van der Waals surface area (Å²) in [5.74, 6) is -0.0698. The third-order valence-electron chi connectivity index (χ3n) is 4.00. The first-order chi connectivity index (χ1) is 12.1. The summed E-state index contributed by atoms with van der Waals surface area (Å²) in [5, 5.41) is 7.23. The topological polar surface area (TPSA) is 62.8 Å². The quantitative estimate of drug-likeness (QED) is 0.552. The number of carbonyl (C=O) groups is 1. The molecule has 0 aromatic heterocycles. The van der Waals surface area contributed by atoms with E-state index in [0.717, 1.165) is 12.1 Å². The molecule has 1 fully saturated rings. The van der Waals surface area contributed by atoms with Crippen LogP contribution in [0.5, 0.6) is 0 Å². The molecule has 2 N–H and O–H groups in total. The van der Waals surface area contributed by atoms with E-state index in [1.54, 1.807) is 19.2 Å². The maximum Gasteiger partial charge on any atom is 0.242 e. The van der Waals surface area contributed by atoms with Crippen LogP contribution in [0.25, 0.3) is 0 Å². The lowest BCUT2D eigenvalue weighted by Crippen LogP contribution is -2.47. The predicted molar refractivity (Wildman–Crippen MR) is 114 cm³/mol. The van der Waals surface area contributed by atoms with Gasteiger partial charge in [0.1, 0.15) is 6.04 Å². The molecule has 10 heteroatoms. The normalized spacial score (nSPS) is 15.4. The Morgan fingerprint density at radius 2 is 1.93 bits per heavy atom. The molecule has 0 saturated carbocycles. The second-order valence-corrected chi connectivity index (χ2v) is 6.59. The molecule has 1 aliphatic heterocycles. The zero-order chi connectivity index (χ0) is 18.1. The Hall–Kier alpha value is -0.310. The van der Waals surface area contributed by atoms with E-state index >= 15 is 0 Å². The Morgan fingerprint density at radius 1 is 1.22 bits per heavy atom. The van der Waals surface area contributed by atoms with Crippen LogP contribution in [0.1, 0.15) is 11.6 Å². The largest absolute Gasteiger partial charge is 0.383 e. The van der Waals surface area contributed by atoms with Crippen LogP contribution in [0.15, 0.2) is 18.2 Å². The Morgan fingerprint density at radius 3 is 2.56 bits per heavy atom. The molecule has 0 spiro atoms. The summed E-state index contributed by atoms with van der Waals surface area (Å²) >= 11 is 12.4. The first kappa shape index (κ1) is 26.7. The number of carbonyl (C=O) groups excluding carboxylic acids is 1. The Labute approximate surface area is 183 Å². The summed E-state index contributed by atoms with van der Waals surface area (Å²) in [6.07, 6.45) is 0. The fourth-order valence-electron chi connectivity index (χ4n) is 2.73. The van der Waals surface area contributed by atoms with Crippen molar-refractivity contribution in [2.45, 2.75) is 6.04 Å². The highest BCUT2D eigenvalue weighted by molar-refractivity contribution is 6.35. The zero-order valence-electron chi connectivity index (χ0n) is 15.2. The zero-order valence-corrected chi connectivity index (χ0v) is 18.4. The molecule has 2 rings (SSSR count). The van der Waals surface area contributed by atoms with E-state index in [2.05, 4.69) is 15.5 Å². The van der Waals surface area contributed by atoms with Crippen molar-refractivity contribution in [1.29, 1.82) is 0 Å². The third-order valence-corrected chi connectivity index (χ3v) is 4.56. The molecule has 1 saturated heterocycles. The predicted octanol–water partition coefficient (Wildman–Crippen LogP) is 2.56. The third kappa shape index (κ3) is 8.71. The summed E-state index contributed by atoms with van der Waals surface area (Å²) in [6, 6.07) is 4.80. The van der Waals surface area contributed by atoms with Gasteiger partial charge in [0.25, 0.3) is 0 Å². The van der Waals surface area contributed by atoms with Gasteiger partial charge in [0.2, 0.25) is 5.91 Å². The van der Waals surface area contributed by atoms with Gasteiger partial charge in [-0.15, -0.1) is 24.8 Å². The van der Waals surface area contributed by atoms with Gasteiger partial charge in [-0.3, -0.25) is 9.69 Å². The Bertz CT molecular complexity index is 560. The number of rotatable bonds is 9. The number of methoxy groups -OCH3 is 1. The van der Waals surface area contributed by atoms with Crippen LogP contribution in [-0.2, 0) is 14.3 Å². The summed E-state index contributed by atoms with van der Waals surface area (Å²) in [4.78, 5) is 14.9. The first-order valence-electron chi connectivity index (χ1n) is 8.37. The van der Waals surface area contributed by atoms with Crippen LogP contribution in [0.4, 0.5) is 0 Å². The van der Waals surface area contributed by atoms with Crippen molar-refractivity contribution in [3.05, 3.63) is 33.8 Å². The van der Waals surface area contributed by atoms with Gasteiger partial charge in [0.05, 0.1) is 19.8 Å². The maximum atomic E-state index is 12.8. The summed E-state index contributed by atoms with van der Waals surface area (Å²) in [6.45, 7) is 5.19. The minimum Gasteiger partial charge on any atom is -0.383 e. The van der Waals surface area contributed by atoms with Crippen molar-refractivity contribution in [1.82, 2.24) is 15.5 Å². The molecule has 0 bridgehead atoms. The van der Waals surface area contributed by atoms with E-state index in [1.165, 1.54) is 0 Å². The van der Waals surface area contributed by atoms with Gasteiger partial charge in [-0.25, -0.2) is 0 Å². The molecule has 1 aromatic rings. The summed E-state index contributed by atoms with van der Waals surface area (Å²) in [5.41, 5.74) is 0.762. The Kier molecular flexibility index (Phi) is 14.5. The lowest BCUT2D eigenvalue weighted by Gasteiger charge is -2.34. The van der Waals surface area contributed by atoms with E-state index in [4.69, 9.17) is 32.7 Å². The van der Waals surface area contributed by atoms with Crippen molar-refractivity contribution in [3.63, 3.8) is 0 Å². The van der Waals surface area contributed by atoms with Gasteiger partial charge in [-0.2, -0.15) is 0 Å². The van der Waals surface area contributed by atoms with Gasteiger partial charge in [0.15, 0.2) is 0 Å². The van der Waals surface area contributed by atoms with E-state index in [0.29, 0.717) is 56.0 Å². The van der Waals surface area contributed by atoms with Crippen molar-refractivity contribution in [3.8, 4) is 0 Å². The summed E-state index contributed by atoms with van der Waals surface area (Å²) < 4.78 is 10.4. The molecule has 156 valence electrons. The molecule has 1 heterocycles. The number of morpholine rings is 1. The van der Waals surface area contributed by atoms with Crippen molar-refractivity contribution >= 4 is 53.9 Å². The minimum atomic E-state index is -0.451. The molecule has 1 unspecified atom stereocenters. The van der Waals surface area contributed by atoms with Crippen LogP contribution in [0, 0.1) is 0 Å². The van der Waals surface area contributed by atoms with Crippen molar-refractivity contribution in [2.24, 2.45) is 0 Å². The number of halogens is 4. The number of amides is 1. The molecule has 1 amide bonds. The monoisotopic (exact) mass is 461 g/mol. The van der Waals surface area contributed by atoms with Crippen LogP contribution < -0.4 is 10.6 Å². The number of ether oxygens (including phenoxy) is 2. The van der Waals surface area contributed by atoms with Crippen LogP contribution in [-0.4, -0.2) is 70.5 Å². The number of benzene rings is 1. The molecule has 1 aliphatic rings. The number of nitrogens with one attached hydrogen (secondary N) is 2. The second-order valence-electron chi connectivity index (χ2n) is 5.75. The van der Waals surface area contributed by atoms with E-state index in [1.807, 2.05) is 6.07 Å². The van der Waals surface area contributed by atoms with Gasteiger partial charge in [0, 0.05) is 49.9 Å². The van der Waals surface area contributed by atoms with Crippen LogP contribution >= 0.6 is 48.0 Å². The molecular formula is C17H27Cl4N3O3. The van der Waals surface area contributed by atoms with E-state index in [-0.39, 0.29) is 30.7 Å². The number of hydrogen-bond donors (Lipinski definition) is 2. The lowest BCUT2D eigenvalue weighted by atomic mass is 10.0. The fraction of sp³-hybridized carbons (Fsp3) is 0.588. The average Bonchev–Trinajstić information content (AvgIpc) is 2.61. The molecule has 0 radical (unpaired) electrons. The fourth-order valence-corrected chi connectivity index (χ4v) is 3.24. The summed E-state index contributed by atoms with van der Waals surface area (Å²) in [7, 11) is 1.66. The van der Waals surface area contributed by atoms with Gasteiger partial charge < -0.3 is 20.1 Å². The first-order valence-corrected chi connectivity index (χ1v) is 9.13. The molecule has 1 aromatic carbocycles. The maximum absolute atomic E-state index is 12.8. The second kappa shape index (κ2) is 14.7. The molecule has 6 nitrogen and oxygen atoms in total. The Balaban J connectivity index is 0.00000338. The average molecular weight is 463 g/mol. The standard InChI is InChI=1S/C17H25Cl2N3O3.2ClH/c1-24-9-6-20-4-5-21-17(23)16(22-7-10-25-11-8-22)14-3-2-13(18)12-15(14)19;;/h2-3,12,16,20H,4-11H2,1H3,(H,21,23);2*1H. The highest BCUT2D eigenvalue weighted by Gasteiger charge is 2.30. The van der Waals surface area contributed by atoms with Gasteiger partial charge in [-0.1, -0.05) is 29.3 Å². The number of nitrogens with zero attached hydrogens (tertiary/aromatic N) is 1. The number of hydrogen-bond acceptors (Lipinski definition) is 5.